The third-order valence-corrected chi connectivity index (χ3v) is 4.23. The monoisotopic (exact) mass is 280 g/mol. The van der Waals surface area contributed by atoms with Crippen LogP contribution in [0.2, 0.25) is 0 Å². The highest BCUT2D eigenvalue weighted by Crippen LogP contribution is 2.24. The second-order valence-electron chi connectivity index (χ2n) is 6.38. The third-order valence-electron chi connectivity index (χ3n) is 4.23. The van der Waals surface area contributed by atoms with Gasteiger partial charge in [-0.2, -0.15) is 0 Å². The van der Waals surface area contributed by atoms with Crippen LogP contribution in [0.25, 0.3) is 0 Å². The maximum absolute atomic E-state index is 2.40. The molecule has 0 heteroatoms. The van der Waals surface area contributed by atoms with Gasteiger partial charge in [0.25, 0.3) is 0 Å². The largest absolute Gasteiger partial charge is 0.0654 e. The van der Waals surface area contributed by atoms with Gasteiger partial charge in [0.05, 0.1) is 0 Å². The van der Waals surface area contributed by atoms with Gasteiger partial charge in [-0.15, -0.1) is 0 Å². The van der Waals surface area contributed by atoms with Crippen LogP contribution in [-0.4, -0.2) is 0 Å². The zero-order chi connectivity index (χ0) is 14.9. The maximum Gasteiger partial charge on any atom is -0.0250 e. The van der Waals surface area contributed by atoms with Gasteiger partial charge >= 0.3 is 0 Å². The van der Waals surface area contributed by atoms with Crippen molar-refractivity contribution < 1.29 is 0 Å². The lowest BCUT2D eigenvalue weighted by atomic mass is 9.85. The molecule has 2 aromatic rings. The Bertz CT molecular complexity index is 486. The van der Waals surface area contributed by atoms with E-state index in [1.807, 2.05) is 0 Å². The molecular weight excluding hydrogens is 252 g/mol. The average molecular weight is 280 g/mol. The summed E-state index contributed by atoms with van der Waals surface area (Å²) in [5.41, 5.74) is 2.96. The van der Waals surface area contributed by atoms with Crippen LogP contribution in [0.1, 0.15) is 44.2 Å². The van der Waals surface area contributed by atoms with Gasteiger partial charge in [-0.3, -0.25) is 0 Å². The molecule has 21 heavy (non-hydrogen) atoms. The summed E-state index contributed by atoms with van der Waals surface area (Å²) in [5, 5.41) is 0. The normalized spacial score (nSPS) is 13.8. The van der Waals surface area contributed by atoms with Crippen LogP contribution in [0.5, 0.6) is 0 Å². The lowest BCUT2D eigenvalue weighted by Gasteiger charge is -2.21. The Kier molecular flexibility index (Phi) is 6.53. The van der Waals surface area contributed by atoms with Crippen molar-refractivity contribution in [2.75, 3.05) is 0 Å². The summed E-state index contributed by atoms with van der Waals surface area (Å²) in [4.78, 5) is 0. The van der Waals surface area contributed by atoms with E-state index < -0.39 is 0 Å². The predicted molar refractivity (Wildman–Crippen MR) is 92.5 cm³/mol. The fraction of sp³-hybridized carbons (Fsp3) is 0.429. The maximum atomic E-state index is 2.40. The van der Waals surface area contributed by atoms with E-state index in [2.05, 4.69) is 74.5 Å². The lowest BCUT2D eigenvalue weighted by molar-refractivity contribution is 0.363. The Morgan fingerprint density at radius 3 is 1.81 bits per heavy atom. The minimum atomic E-state index is 0.757. The molecule has 0 radical (unpaired) electrons. The fourth-order valence-electron chi connectivity index (χ4n) is 3.33. The molecule has 1 unspecified atom stereocenters. The molecular formula is C21H28. The molecule has 0 saturated heterocycles. The van der Waals surface area contributed by atoms with Crippen LogP contribution in [0.4, 0.5) is 0 Å². The van der Waals surface area contributed by atoms with Crippen molar-refractivity contribution in [3.05, 3.63) is 71.8 Å². The molecule has 0 amide bonds. The van der Waals surface area contributed by atoms with Crippen molar-refractivity contribution >= 4 is 0 Å². The first-order valence-electron chi connectivity index (χ1n) is 8.35. The second kappa shape index (κ2) is 8.67. The van der Waals surface area contributed by atoms with Crippen molar-refractivity contribution in [1.82, 2.24) is 0 Å². The minimum absolute atomic E-state index is 0.757. The van der Waals surface area contributed by atoms with E-state index in [4.69, 9.17) is 0 Å². The Hall–Kier alpha value is -1.56. The molecule has 2 aromatic carbocycles. The van der Waals surface area contributed by atoms with Crippen LogP contribution in [-0.2, 0) is 12.8 Å². The summed E-state index contributed by atoms with van der Waals surface area (Å²) in [5.74, 6) is 1.57. The molecule has 0 saturated carbocycles. The van der Waals surface area contributed by atoms with Crippen LogP contribution in [0.3, 0.4) is 0 Å². The topological polar surface area (TPSA) is 0 Å². The molecule has 0 aliphatic heterocycles. The third kappa shape index (κ3) is 5.75. The Morgan fingerprint density at radius 2 is 1.29 bits per heavy atom. The van der Waals surface area contributed by atoms with Gasteiger partial charge in [0.2, 0.25) is 0 Å². The molecule has 2 atom stereocenters. The average Bonchev–Trinajstić information content (AvgIpc) is 2.49. The molecule has 0 bridgehead atoms. The highest BCUT2D eigenvalue weighted by atomic mass is 14.2. The van der Waals surface area contributed by atoms with Crippen molar-refractivity contribution in [3.63, 3.8) is 0 Å². The summed E-state index contributed by atoms with van der Waals surface area (Å²) in [7, 11) is 0. The summed E-state index contributed by atoms with van der Waals surface area (Å²) in [6.45, 7) is 4.71. The molecule has 0 fully saturated rings. The van der Waals surface area contributed by atoms with Gasteiger partial charge in [-0.25, -0.2) is 0 Å². The summed E-state index contributed by atoms with van der Waals surface area (Å²) in [6, 6.07) is 21.9. The molecule has 0 aromatic heterocycles. The molecule has 0 aliphatic carbocycles. The van der Waals surface area contributed by atoms with E-state index in [9.17, 15) is 0 Å². The Morgan fingerprint density at radius 1 is 0.762 bits per heavy atom. The van der Waals surface area contributed by atoms with Gasteiger partial charge in [-0.1, -0.05) is 87.4 Å². The lowest BCUT2D eigenvalue weighted by Crippen LogP contribution is -2.11. The smallest absolute Gasteiger partial charge is 0.0250 e. The zero-order valence-electron chi connectivity index (χ0n) is 13.5. The van der Waals surface area contributed by atoms with E-state index in [1.165, 1.54) is 43.2 Å². The van der Waals surface area contributed by atoms with E-state index in [0.717, 1.165) is 11.8 Å². The second-order valence-corrected chi connectivity index (χ2v) is 6.38. The molecule has 0 nitrogen and oxygen atoms in total. The Balaban J connectivity index is 1.89. The SMILES string of the molecule is CCCC(Cc1ccccc1)C[C@H](C)Cc1ccccc1. The van der Waals surface area contributed by atoms with Crippen molar-refractivity contribution in [2.45, 2.75) is 46.0 Å². The first kappa shape index (κ1) is 15.8. The first-order chi connectivity index (χ1) is 10.3. The van der Waals surface area contributed by atoms with Gasteiger partial charge < -0.3 is 0 Å². The van der Waals surface area contributed by atoms with E-state index >= 15 is 0 Å². The highest BCUT2D eigenvalue weighted by Gasteiger charge is 2.14. The number of benzene rings is 2. The van der Waals surface area contributed by atoms with E-state index in [0.29, 0.717) is 0 Å². The molecule has 112 valence electrons. The van der Waals surface area contributed by atoms with Crippen LogP contribution in [0, 0.1) is 11.8 Å². The fourth-order valence-corrected chi connectivity index (χ4v) is 3.33. The number of hydrogen-bond donors (Lipinski definition) is 0. The van der Waals surface area contributed by atoms with Crippen LogP contribution in [0.15, 0.2) is 60.7 Å². The van der Waals surface area contributed by atoms with E-state index in [1.54, 1.807) is 0 Å². The summed E-state index contributed by atoms with van der Waals surface area (Å²) >= 11 is 0. The Labute approximate surface area is 130 Å². The van der Waals surface area contributed by atoms with E-state index in [-0.39, 0.29) is 0 Å². The standard InChI is InChI=1S/C21H28/c1-3-10-21(17-20-13-8-5-9-14-20)16-18(2)15-19-11-6-4-7-12-19/h4-9,11-14,18,21H,3,10,15-17H2,1-2H3/t18-,21?/m1/s1. The molecule has 0 heterocycles. The molecule has 2 rings (SSSR count). The highest BCUT2D eigenvalue weighted by molar-refractivity contribution is 5.16. The van der Waals surface area contributed by atoms with Crippen molar-refractivity contribution in [3.8, 4) is 0 Å². The quantitative estimate of drug-likeness (QED) is 0.563. The van der Waals surface area contributed by atoms with Gasteiger partial charge in [0.15, 0.2) is 0 Å². The molecule has 0 spiro atoms. The van der Waals surface area contributed by atoms with Crippen molar-refractivity contribution in [1.29, 1.82) is 0 Å². The number of rotatable bonds is 8. The zero-order valence-corrected chi connectivity index (χ0v) is 13.5. The van der Waals surface area contributed by atoms with Gasteiger partial charge in [0, 0.05) is 0 Å². The summed E-state index contributed by atoms with van der Waals surface area (Å²) in [6.07, 6.45) is 6.39. The van der Waals surface area contributed by atoms with Crippen LogP contribution < -0.4 is 0 Å². The first-order valence-corrected chi connectivity index (χ1v) is 8.35. The van der Waals surface area contributed by atoms with Gasteiger partial charge in [0.1, 0.15) is 0 Å². The molecule has 0 aliphatic rings. The molecule has 0 N–H and O–H groups in total. The van der Waals surface area contributed by atoms with Gasteiger partial charge in [-0.05, 0) is 42.2 Å². The number of hydrogen-bond acceptors (Lipinski definition) is 0. The minimum Gasteiger partial charge on any atom is -0.0654 e. The predicted octanol–water partition coefficient (Wildman–Crippen LogP) is 5.91. The summed E-state index contributed by atoms with van der Waals surface area (Å²) < 4.78 is 0. The van der Waals surface area contributed by atoms with Crippen LogP contribution >= 0.6 is 0 Å². The van der Waals surface area contributed by atoms with Crippen molar-refractivity contribution in [2.24, 2.45) is 11.8 Å².